The van der Waals surface area contributed by atoms with Crippen molar-refractivity contribution in [1.82, 2.24) is 14.9 Å². The fraction of sp³-hybridized carbons (Fsp3) is 0.633. The number of pyridine rings is 2. The molecular weight excluding hydrogens is 480 g/mol. The van der Waals surface area contributed by atoms with Gasteiger partial charge < -0.3 is 19.5 Å². The summed E-state index contributed by atoms with van der Waals surface area (Å²) in [7, 11) is 0. The van der Waals surface area contributed by atoms with Crippen molar-refractivity contribution < 1.29 is 19.4 Å². The van der Waals surface area contributed by atoms with Crippen molar-refractivity contribution in [3.05, 3.63) is 35.8 Å². The van der Waals surface area contributed by atoms with E-state index in [1.807, 2.05) is 46.0 Å². The van der Waals surface area contributed by atoms with Crippen molar-refractivity contribution in [2.75, 3.05) is 44.2 Å². The van der Waals surface area contributed by atoms with E-state index in [2.05, 4.69) is 28.6 Å². The summed E-state index contributed by atoms with van der Waals surface area (Å²) in [5.41, 5.74) is 3.30. The first kappa shape index (κ1) is 28.3. The predicted molar refractivity (Wildman–Crippen MR) is 150 cm³/mol. The van der Waals surface area contributed by atoms with E-state index < -0.39 is 17.7 Å². The van der Waals surface area contributed by atoms with Crippen LogP contribution < -0.4 is 9.64 Å². The lowest BCUT2D eigenvalue weighted by Gasteiger charge is -2.40. The molecule has 8 heteroatoms. The molecule has 2 aliphatic rings. The van der Waals surface area contributed by atoms with Gasteiger partial charge in [-0.1, -0.05) is 13.8 Å². The van der Waals surface area contributed by atoms with Gasteiger partial charge in [-0.25, -0.2) is 4.79 Å². The van der Waals surface area contributed by atoms with E-state index in [1.54, 1.807) is 6.20 Å². The Morgan fingerprint density at radius 3 is 2.34 bits per heavy atom. The molecule has 38 heavy (non-hydrogen) atoms. The number of hydrogen-bond donors (Lipinski definition) is 1. The highest BCUT2D eigenvalue weighted by Crippen LogP contribution is 2.43. The van der Waals surface area contributed by atoms with E-state index in [9.17, 15) is 9.90 Å². The SMILES string of the molecule is Cc1ncc(-c2ccc(OCCN3CCCC3)cn2)c(N2CCC(C)(C)CC2)c1[C@H](OC(C)(C)C)C(=O)O. The zero-order valence-corrected chi connectivity index (χ0v) is 23.9. The summed E-state index contributed by atoms with van der Waals surface area (Å²) < 4.78 is 12.1. The molecule has 2 saturated heterocycles. The average Bonchev–Trinajstić information content (AvgIpc) is 3.36. The van der Waals surface area contributed by atoms with Gasteiger partial charge in [-0.3, -0.25) is 14.9 Å². The quantitative estimate of drug-likeness (QED) is 0.461. The van der Waals surface area contributed by atoms with Crippen LogP contribution >= 0.6 is 0 Å². The van der Waals surface area contributed by atoms with Crippen molar-refractivity contribution in [2.24, 2.45) is 5.41 Å². The minimum Gasteiger partial charge on any atom is -0.491 e. The number of carboxylic acid groups (broad SMARTS) is 1. The van der Waals surface area contributed by atoms with Gasteiger partial charge in [0.1, 0.15) is 12.4 Å². The molecule has 0 amide bonds. The zero-order chi connectivity index (χ0) is 27.5. The van der Waals surface area contributed by atoms with E-state index >= 15 is 0 Å². The molecule has 0 radical (unpaired) electrons. The number of aromatic nitrogens is 2. The van der Waals surface area contributed by atoms with E-state index in [1.165, 1.54) is 12.8 Å². The van der Waals surface area contributed by atoms with Crippen LogP contribution in [-0.2, 0) is 9.53 Å². The number of rotatable bonds is 9. The molecule has 2 aromatic rings. The molecule has 0 aromatic carbocycles. The lowest BCUT2D eigenvalue weighted by molar-refractivity contribution is -0.160. The Balaban J connectivity index is 1.68. The Morgan fingerprint density at radius 2 is 1.76 bits per heavy atom. The second-order valence-electron chi connectivity index (χ2n) is 12.4. The molecular formula is C30H44N4O4. The monoisotopic (exact) mass is 524 g/mol. The van der Waals surface area contributed by atoms with Crippen LogP contribution in [0.4, 0.5) is 5.69 Å². The second kappa shape index (κ2) is 11.6. The number of anilines is 1. The summed E-state index contributed by atoms with van der Waals surface area (Å²) >= 11 is 0. The molecule has 1 atom stereocenters. The molecule has 4 heterocycles. The number of piperidine rings is 1. The van der Waals surface area contributed by atoms with Crippen molar-refractivity contribution in [1.29, 1.82) is 0 Å². The number of carboxylic acids is 1. The molecule has 1 N–H and O–H groups in total. The Kier molecular flexibility index (Phi) is 8.62. The van der Waals surface area contributed by atoms with Crippen molar-refractivity contribution >= 4 is 11.7 Å². The van der Waals surface area contributed by atoms with Gasteiger partial charge in [0, 0.05) is 42.7 Å². The van der Waals surface area contributed by atoms with Gasteiger partial charge in [-0.15, -0.1) is 0 Å². The maximum absolute atomic E-state index is 12.5. The van der Waals surface area contributed by atoms with Crippen LogP contribution in [0, 0.1) is 12.3 Å². The Labute approximate surface area is 227 Å². The van der Waals surface area contributed by atoms with Crippen LogP contribution in [-0.4, -0.2) is 70.9 Å². The third kappa shape index (κ3) is 7.03. The van der Waals surface area contributed by atoms with Gasteiger partial charge in [0.05, 0.1) is 23.2 Å². The summed E-state index contributed by atoms with van der Waals surface area (Å²) in [5, 5.41) is 10.3. The second-order valence-corrected chi connectivity index (χ2v) is 12.4. The molecule has 0 bridgehead atoms. The van der Waals surface area contributed by atoms with E-state index in [0.717, 1.165) is 68.3 Å². The zero-order valence-electron chi connectivity index (χ0n) is 23.9. The summed E-state index contributed by atoms with van der Waals surface area (Å²) in [5.74, 6) is -0.288. The van der Waals surface area contributed by atoms with Crippen molar-refractivity contribution in [3.63, 3.8) is 0 Å². The van der Waals surface area contributed by atoms with Crippen LogP contribution in [0.2, 0.25) is 0 Å². The van der Waals surface area contributed by atoms with Gasteiger partial charge in [0.25, 0.3) is 0 Å². The highest BCUT2D eigenvalue weighted by molar-refractivity contribution is 5.85. The summed E-state index contributed by atoms with van der Waals surface area (Å²) in [6.45, 7) is 17.6. The summed E-state index contributed by atoms with van der Waals surface area (Å²) in [6, 6.07) is 3.88. The number of aliphatic carboxylic acids is 1. The maximum Gasteiger partial charge on any atom is 0.337 e. The van der Waals surface area contributed by atoms with Gasteiger partial charge in [-0.2, -0.15) is 0 Å². The van der Waals surface area contributed by atoms with Gasteiger partial charge in [-0.05, 0) is 84.0 Å². The normalized spacial score (nSPS) is 18.9. The molecule has 0 spiro atoms. The largest absolute Gasteiger partial charge is 0.491 e. The van der Waals surface area contributed by atoms with Crippen LogP contribution in [0.15, 0.2) is 24.5 Å². The third-order valence-electron chi connectivity index (χ3n) is 7.57. The molecule has 208 valence electrons. The number of nitrogens with zero attached hydrogens (tertiary/aromatic N) is 4. The highest BCUT2D eigenvalue weighted by Gasteiger charge is 2.36. The molecule has 0 saturated carbocycles. The molecule has 8 nitrogen and oxygen atoms in total. The standard InChI is InChI=1S/C30H44N4O4/c1-21-25(27(28(35)36)38-29(2,3)4)26(34-15-11-30(5,6)12-16-34)23(20-31-21)24-10-9-22(19-32-24)37-18-17-33-13-7-8-14-33/h9-10,19-20,27H,7-8,11-18H2,1-6H3,(H,35,36)/t27-/m0/s1. The lowest BCUT2D eigenvalue weighted by Crippen LogP contribution is -2.39. The minimum atomic E-state index is -1.14. The Morgan fingerprint density at radius 1 is 1.08 bits per heavy atom. The van der Waals surface area contributed by atoms with Crippen LogP contribution in [0.1, 0.15) is 77.7 Å². The van der Waals surface area contributed by atoms with E-state index in [4.69, 9.17) is 14.5 Å². The fourth-order valence-electron chi connectivity index (χ4n) is 5.30. The van der Waals surface area contributed by atoms with E-state index in [-0.39, 0.29) is 5.41 Å². The first-order valence-electron chi connectivity index (χ1n) is 13.9. The lowest BCUT2D eigenvalue weighted by atomic mass is 9.82. The summed E-state index contributed by atoms with van der Waals surface area (Å²) in [6.07, 6.45) is 7.00. The van der Waals surface area contributed by atoms with Crippen LogP contribution in [0.25, 0.3) is 11.3 Å². The van der Waals surface area contributed by atoms with E-state index in [0.29, 0.717) is 17.9 Å². The average molecular weight is 525 g/mol. The Bertz CT molecular complexity index is 1090. The van der Waals surface area contributed by atoms with Crippen LogP contribution in [0.3, 0.4) is 0 Å². The van der Waals surface area contributed by atoms with Crippen molar-refractivity contribution in [3.8, 4) is 17.0 Å². The number of ether oxygens (including phenoxy) is 2. The Hall–Kier alpha value is -2.71. The smallest absolute Gasteiger partial charge is 0.337 e. The topological polar surface area (TPSA) is 88.0 Å². The first-order chi connectivity index (χ1) is 17.9. The predicted octanol–water partition coefficient (Wildman–Crippen LogP) is 5.49. The van der Waals surface area contributed by atoms with Crippen LogP contribution in [0.5, 0.6) is 5.75 Å². The molecule has 0 unspecified atom stereocenters. The third-order valence-corrected chi connectivity index (χ3v) is 7.57. The van der Waals surface area contributed by atoms with Gasteiger partial charge in [0.2, 0.25) is 0 Å². The number of aryl methyl sites for hydroxylation is 1. The number of hydrogen-bond acceptors (Lipinski definition) is 7. The maximum atomic E-state index is 12.5. The van der Waals surface area contributed by atoms with Gasteiger partial charge >= 0.3 is 5.97 Å². The number of carbonyl (C=O) groups is 1. The minimum absolute atomic E-state index is 0.249. The highest BCUT2D eigenvalue weighted by atomic mass is 16.5. The van der Waals surface area contributed by atoms with Gasteiger partial charge in [0.15, 0.2) is 6.10 Å². The first-order valence-corrected chi connectivity index (χ1v) is 13.9. The molecule has 2 aliphatic heterocycles. The van der Waals surface area contributed by atoms with Crippen molar-refractivity contribution in [2.45, 2.75) is 78.9 Å². The molecule has 2 aromatic heterocycles. The number of likely N-dealkylation sites (tertiary alicyclic amines) is 1. The fourth-order valence-corrected chi connectivity index (χ4v) is 5.30. The summed E-state index contributed by atoms with van der Waals surface area (Å²) in [4.78, 5) is 26.7. The molecule has 0 aliphatic carbocycles. The molecule has 4 rings (SSSR count). The molecule has 2 fully saturated rings.